The Bertz CT molecular complexity index is 945. The van der Waals surface area contributed by atoms with Crippen LogP contribution in [-0.4, -0.2) is 29.2 Å². The second kappa shape index (κ2) is 9.57. The number of aromatic nitrogens is 2. The number of hydrogen-bond donors (Lipinski definition) is 1. The zero-order valence-corrected chi connectivity index (χ0v) is 17.4. The monoisotopic (exact) mass is 404 g/mol. The van der Waals surface area contributed by atoms with Gasteiger partial charge in [0.1, 0.15) is 6.04 Å². The zero-order chi connectivity index (χ0) is 20.8. The third kappa shape index (κ3) is 5.06. The van der Waals surface area contributed by atoms with Crippen molar-refractivity contribution in [2.24, 2.45) is 0 Å². The largest absolute Gasteiger partial charge is 0.406 e. The highest BCUT2D eigenvalue weighted by Gasteiger charge is 2.24. The van der Waals surface area contributed by atoms with Gasteiger partial charge in [-0.05, 0) is 37.5 Å². The van der Waals surface area contributed by atoms with Crippen LogP contribution in [0.5, 0.6) is 0 Å². The van der Waals surface area contributed by atoms with E-state index in [0.717, 1.165) is 37.1 Å². The zero-order valence-electron chi connectivity index (χ0n) is 17.4. The molecule has 0 aliphatic carbocycles. The molecule has 0 spiro atoms. The molecule has 1 saturated heterocycles. The molecule has 1 aromatic heterocycles. The quantitative estimate of drug-likeness (QED) is 0.656. The maximum absolute atomic E-state index is 12.9. The minimum absolute atomic E-state index is 0.148. The lowest BCUT2D eigenvalue weighted by Crippen LogP contribution is -2.30. The molecule has 1 N–H and O–H groups in total. The fourth-order valence-corrected chi connectivity index (χ4v) is 3.75. The average molecular weight is 405 g/mol. The van der Waals surface area contributed by atoms with Gasteiger partial charge in [0.05, 0.1) is 0 Å². The first-order valence-corrected chi connectivity index (χ1v) is 10.7. The topological polar surface area (TPSA) is 71.3 Å². The third-order valence-corrected chi connectivity index (χ3v) is 5.51. The Morgan fingerprint density at radius 1 is 1.00 bits per heavy atom. The van der Waals surface area contributed by atoms with Gasteiger partial charge in [0.2, 0.25) is 5.89 Å². The van der Waals surface area contributed by atoms with Gasteiger partial charge < -0.3 is 14.6 Å². The summed E-state index contributed by atoms with van der Waals surface area (Å²) in [6, 6.07) is 17.7. The fraction of sp³-hybridized carbons (Fsp3) is 0.375. The minimum atomic E-state index is -0.394. The lowest BCUT2D eigenvalue weighted by atomic mass is 10.0. The van der Waals surface area contributed by atoms with E-state index in [1.165, 1.54) is 12.8 Å². The smallest absolute Gasteiger partial charge is 0.318 e. The van der Waals surface area contributed by atoms with Gasteiger partial charge >= 0.3 is 6.01 Å². The van der Waals surface area contributed by atoms with Crippen LogP contribution in [0.2, 0.25) is 0 Å². The van der Waals surface area contributed by atoms with E-state index in [4.69, 9.17) is 4.42 Å². The molecule has 1 fully saturated rings. The average Bonchev–Trinajstić information content (AvgIpc) is 3.10. The second-order valence-corrected chi connectivity index (χ2v) is 7.91. The van der Waals surface area contributed by atoms with E-state index in [2.05, 4.69) is 20.4 Å². The minimum Gasteiger partial charge on any atom is -0.406 e. The Kier molecular flexibility index (Phi) is 6.42. The van der Waals surface area contributed by atoms with Crippen LogP contribution in [0.1, 0.15) is 59.1 Å². The number of aryl methyl sites for hydroxylation is 1. The van der Waals surface area contributed by atoms with E-state index in [0.29, 0.717) is 23.9 Å². The van der Waals surface area contributed by atoms with Crippen molar-refractivity contribution in [2.75, 3.05) is 18.0 Å². The van der Waals surface area contributed by atoms with Crippen molar-refractivity contribution < 1.29 is 9.21 Å². The lowest BCUT2D eigenvalue weighted by molar-refractivity contribution is 0.0930. The Balaban J connectivity index is 1.55. The van der Waals surface area contributed by atoms with Crippen molar-refractivity contribution in [1.82, 2.24) is 15.5 Å². The predicted octanol–water partition coefficient (Wildman–Crippen LogP) is 4.47. The number of nitrogens with zero attached hydrogens (tertiary/aromatic N) is 3. The number of hydrogen-bond acceptors (Lipinski definition) is 5. The van der Waals surface area contributed by atoms with Gasteiger partial charge in [-0.25, -0.2) is 0 Å². The number of benzene rings is 2. The summed E-state index contributed by atoms with van der Waals surface area (Å²) in [5.74, 6) is 0.295. The molecule has 0 saturated carbocycles. The number of anilines is 1. The van der Waals surface area contributed by atoms with E-state index < -0.39 is 6.04 Å². The second-order valence-electron chi connectivity index (χ2n) is 7.91. The van der Waals surface area contributed by atoms with Crippen molar-refractivity contribution in [1.29, 1.82) is 0 Å². The summed E-state index contributed by atoms with van der Waals surface area (Å²) in [6.07, 6.45) is 5.33. The molecule has 3 aromatic rings. The van der Waals surface area contributed by atoms with E-state index >= 15 is 0 Å². The molecule has 1 atom stereocenters. The van der Waals surface area contributed by atoms with Gasteiger partial charge in [0.25, 0.3) is 5.91 Å². The lowest BCUT2D eigenvalue weighted by Gasteiger charge is -2.18. The first-order chi connectivity index (χ1) is 14.7. The summed E-state index contributed by atoms with van der Waals surface area (Å²) in [4.78, 5) is 15.0. The summed E-state index contributed by atoms with van der Waals surface area (Å²) < 4.78 is 6.06. The van der Waals surface area contributed by atoms with Crippen LogP contribution in [-0.2, 0) is 6.42 Å². The van der Waals surface area contributed by atoms with Crippen LogP contribution in [0, 0.1) is 6.92 Å². The molecule has 1 amide bonds. The Morgan fingerprint density at radius 3 is 2.40 bits per heavy atom. The summed E-state index contributed by atoms with van der Waals surface area (Å²) in [7, 11) is 0. The van der Waals surface area contributed by atoms with Crippen molar-refractivity contribution in [3.8, 4) is 0 Å². The first kappa shape index (κ1) is 20.1. The SMILES string of the molecule is Cc1ccc(C(=O)N[C@H](Cc2ccccc2)c2nnc(N3CCCCCC3)o2)cc1. The normalized spacial score (nSPS) is 15.4. The van der Waals surface area contributed by atoms with Crippen LogP contribution >= 0.6 is 0 Å². The number of carbonyl (C=O) groups is 1. The number of carbonyl (C=O) groups excluding carboxylic acids is 1. The van der Waals surface area contributed by atoms with Crippen LogP contribution in [0.15, 0.2) is 59.0 Å². The van der Waals surface area contributed by atoms with Crippen LogP contribution in [0.4, 0.5) is 6.01 Å². The van der Waals surface area contributed by atoms with Gasteiger partial charge in [-0.15, -0.1) is 5.10 Å². The van der Waals surface area contributed by atoms with Crippen LogP contribution < -0.4 is 10.2 Å². The van der Waals surface area contributed by atoms with E-state index in [-0.39, 0.29) is 5.91 Å². The molecule has 1 aliphatic rings. The van der Waals surface area contributed by atoms with Gasteiger partial charge in [0.15, 0.2) is 0 Å². The number of rotatable bonds is 6. The molecule has 2 aromatic carbocycles. The molecule has 6 nitrogen and oxygen atoms in total. The molecule has 2 heterocycles. The van der Waals surface area contributed by atoms with Crippen molar-refractivity contribution in [2.45, 2.75) is 45.1 Å². The Hall–Kier alpha value is -3.15. The summed E-state index contributed by atoms with van der Waals surface area (Å²) in [5.41, 5.74) is 2.83. The molecule has 6 heteroatoms. The van der Waals surface area contributed by atoms with Gasteiger partial charge in [-0.3, -0.25) is 4.79 Å². The van der Waals surface area contributed by atoms with Crippen molar-refractivity contribution >= 4 is 11.9 Å². The molecule has 0 bridgehead atoms. The highest BCUT2D eigenvalue weighted by Crippen LogP contribution is 2.23. The predicted molar refractivity (Wildman–Crippen MR) is 117 cm³/mol. The maximum atomic E-state index is 12.9. The van der Waals surface area contributed by atoms with Crippen LogP contribution in [0.25, 0.3) is 0 Å². The molecule has 0 unspecified atom stereocenters. The molecule has 4 rings (SSSR count). The summed E-state index contributed by atoms with van der Waals surface area (Å²) in [5, 5.41) is 11.7. The highest BCUT2D eigenvalue weighted by molar-refractivity contribution is 5.94. The van der Waals surface area contributed by atoms with Crippen LogP contribution in [0.3, 0.4) is 0 Å². The number of amides is 1. The van der Waals surface area contributed by atoms with Crippen molar-refractivity contribution in [3.05, 3.63) is 77.2 Å². The van der Waals surface area contributed by atoms with Crippen molar-refractivity contribution in [3.63, 3.8) is 0 Å². The molecule has 156 valence electrons. The fourth-order valence-electron chi connectivity index (χ4n) is 3.75. The molecular weight excluding hydrogens is 376 g/mol. The summed E-state index contributed by atoms with van der Waals surface area (Å²) in [6.45, 7) is 3.87. The van der Waals surface area contributed by atoms with E-state index in [9.17, 15) is 4.79 Å². The maximum Gasteiger partial charge on any atom is 0.318 e. The molecular formula is C24H28N4O2. The Morgan fingerprint density at radius 2 is 1.70 bits per heavy atom. The first-order valence-electron chi connectivity index (χ1n) is 10.7. The highest BCUT2D eigenvalue weighted by atomic mass is 16.4. The van der Waals surface area contributed by atoms with Gasteiger partial charge in [0, 0.05) is 25.1 Å². The van der Waals surface area contributed by atoms with Gasteiger partial charge in [-0.1, -0.05) is 66.0 Å². The van der Waals surface area contributed by atoms with E-state index in [1.54, 1.807) is 0 Å². The Labute approximate surface area is 177 Å². The molecule has 30 heavy (non-hydrogen) atoms. The summed E-state index contributed by atoms with van der Waals surface area (Å²) >= 11 is 0. The van der Waals surface area contributed by atoms with Gasteiger partial charge in [-0.2, -0.15) is 0 Å². The molecule has 0 radical (unpaired) electrons. The molecule has 1 aliphatic heterocycles. The van der Waals surface area contributed by atoms with E-state index in [1.807, 2.05) is 61.5 Å². The number of nitrogens with one attached hydrogen (secondary N) is 1. The third-order valence-electron chi connectivity index (χ3n) is 5.51. The standard InChI is InChI=1S/C24H28N4O2/c1-18-11-13-20(14-12-18)22(29)25-21(17-19-9-5-4-6-10-19)23-26-27-24(30-23)28-15-7-2-3-8-16-28/h4-6,9-14,21H,2-3,7-8,15-17H2,1H3,(H,25,29)/t21-/m1/s1.